The lowest BCUT2D eigenvalue weighted by atomic mass is 9.54. The van der Waals surface area contributed by atoms with Crippen molar-refractivity contribution in [1.82, 2.24) is 0 Å². The van der Waals surface area contributed by atoms with Crippen molar-refractivity contribution in [3.05, 3.63) is 159 Å². The second-order valence-electron chi connectivity index (χ2n) is 17.5. The van der Waals surface area contributed by atoms with Crippen LogP contribution in [0.25, 0.3) is 6.08 Å². The van der Waals surface area contributed by atoms with Crippen LogP contribution in [0.3, 0.4) is 0 Å². The Bertz CT molecular complexity index is 1990. The molecule has 0 aromatic heterocycles. The minimum Gasteiger partial charge on any atom is -0.465 e. The lowest BCUT2D eigenvalue weighted by Crippen LogP contribution is -2.39. The zero-order valence-corrected chi connectivity index (χ0v) is 30.1. The fourth-order valence-corrected chi connectivity index (χ4v) is 12.5. The molecule has 0 spiro atoms. The van der Waals surface area contributed by atoms with E-state index in [0.717, 1.165) is 24.2 Å². The van der Waals surface area contributed by atoms with Gasteiger partial charge in [-0.25, -0.2) is 0 Å². The first-order chi connectivity index (χ1) is 25.2. The summed E-state index contributed by atoms with van der Waals surface area (Å²) < 4.78 is 6.76. The summed E-state index contributed by atoms with van der Waals surface area (Å²) in [6, 6.07) is 7.60. The molecular formula is C50H52O. The quantitative estimate of drug-likeness (QED) is 0.291. The van der Waals surface area contributed by atoms with Gasteiger partial charge in [0.25, 0.3) is 0 Å². The molecule has 51 heavy (non-hydrogen) atoms. The van der Waals surface area contributed by atoms with E-state index < -0.39 is 0 Å². The first-order valence-electron chi connectivity index (χ1n) is 20.7. The smallest absolute Gasteiger partial charge is 0.108 e. The zero-order chi connectivity index (χ0) is 33.5. The summed E-state index contributed by atoms with van der Waals surface area (Å²) in [6.07, 6.45) is 52.3. The molecule has 9 aliphatic carbocycles. The predicted octanol–water partition coefficient (Wildman–Crippen LogP) is 12.4. The van der Waals surface area contributed by atoms with Crippen molar-refractivity contribution in [1.29, 1.82) is 0 Å². The summed E-state index contributed by atoms with van der Waals surface area (Å²) in [5.74, 6) is 8.34. The van der Waals surface area contributed by atoms with Crippen molar-refractivity contribution in [3.8, 4) is 0 Å². The molecule has 1 aromatic rings. The van der Waals surface area contributed by atoms with E-state index in [2.05, 4.69) is 109 Å². The molecule has 1 fully saturated rings. The Hall–Kier alpha value is -3.84. The molecule has 1 heterocycles. The maximum absolute atomic E-state index is 6.76. The third-order valence-electron chi connectivity index (χ3n) is 14.9. The fourth-order valence-electron chi connectivity index (χ4n) is 12.5. The van der Waals surface area contributed by atoms with Crippen LogP contribution in [0.2, 0.25) is 0 Å². The average molecular weight is 669 g/mol. The highest BCUT2D eigenvalue weighted by molar-refractivity contribution is 5.59. The molecule has 0 N–H and O–H groups in total. The Morgan fingerprint density at radius 2 is 1.67 bits per heavy atom. The van der Waals surface area contributed by atoms with Gasteiger partial charge >= 0.3 is 0 Å². The van der Waals surface area contributed by atoms with Gasteiger partial charge in [-0.15, -0.1) is 0 Å². The highest BCUT2D eigenvalue weighted by Crippen LogP contribution is 2.59. The summed E-state index contributed by atoms with van der Waals surface area (Å²) in [6.45, 7) is 0. The molecule has 258 valence electrons. The highest BCUT2D eigenvalue weighted by atomic mass is 16.5. The molecule has 10 unspecified atom stereocenters. The second kappa shape index (κ2) is 12.4. The number of benzene rings is 1. The van der Waals surface area contributed by atoms with E-state index in [1.165, 1.54) is 110 Å². The van der Waals surface area contributed by atoms with Crippen molar-refractivity contribution in [3.63, 3.8) is 0 Å². The van der Waals surface area contributed by atoms with E-state index in [1.54, 1.807) is 11.1 Å². The third-order valence-corrected chi connectivity index (χ3v) is 14.9. The molecule has 11 rings (SSSR count). The number of rotatable bonds is 3. The van der Waals surface area contributed by atoms with E-state index in [-0.39, 0.29) is 0 Å². The summed E-state index contributed by atoms with van der Waals surface area (Å²) >= 11 is 0. The van der Waals surface area contributed by atoms with Gasteiger partial charge in [-0.3, -0.25) is 0 Å². The molecule has 1 saturated carbocycles. The van der Waals surface area contributed by atoms with Gasteiger partial charge in [0, 0.05) is 41.6 Å². The van der Waals surface area contributed by atoms with Crippen LogP contribution >= 0.6 is 0 Å². The van der Waals surface area contributed by atoms with Gasteiger partial charge in [0.05, 0.1) is 0 Å². The summed E-state index contributed by atoms with van der Waals surface area (Å²) in [5.41, 5.74) is 12.6. The Balaban J connectivity index is 0.981. The van der Waals surface area contributed by atoms with Gasteiger partial charge in [0.1, 0.15) is 11.5 Å². The molecule has 0 saturated heterocycles. The molecule has 10 atom stereocenters. The van der Waals surface area contributed by atoms with Gasteiger partial charge < -0.3 is 4.74 Å². The number of hydrogen-bond acceptors (Lipinski definition) is 1. The minimum atomic E-state index is 0.420. The largest absolute Gasteiger partial charge is 0.465 e. The standard InChI is InChI=1S/C50H52O/c1-3-11-33-25-39(19-17-31(33)9-1)49-42-15-7-8-16-43(42)50(40-20-18-32-10-2-4-12-34(32)26-40)46-28-37(22-24-44(46)49)38-21-23-41-45-27-35-13-5-6-14-36(35)29-48(45)51-47(41)30-38/h3-6,8,11-14,16,18,20,22,24,26-28,30-31,33,36,38-39,41-43,46,50H,1-2,7,9-10,15,17,19,21,23,25,29H2. The number of ether oxygens (including phenoxy) is 1. The van der Waals surface area contributed by atoms with Crippen LogP contribution in [-0.4, -0.2) is 0 Å². The minimum absolute atomic E-state index is 0.420. The Kier molecular flexibility index (Phi) is 7.47. The zero-order valence-electron chi connectivity index (χ0n) is 30.1. The van der Waals surface area contributed by atoms with Crippen LogP contribution in [-0.2, 0) is 11.2 Å². The van der Waals surface area contributed by atoms with Crippen LogP contribution in [0.5, 0.6) is 0 Å². The molecule has 10 aliphatic rings. The molecule has 0 bridgehead atoms. The number of hydrogen-bond donors (Lipinski definition) is 0. The Morgan fingerprint density at radius 3 is 2.67 bits per heavy atom. The third kappa shape index (κ3) is 5.15. The van der Waals surface area contributed by atoms with E-state index >= 15 is 0 Å². The SMILES string of the molecule is C1=CC2=CC3=C(CC2C=C1)OC1=CC(C2=CC4C(=C(C5CCC6CCC=CC6C5)C5CCC=CC5C4c4ccc5c(c4)C=CCC5)C=C2)CCC13. The first-order valence-corrected chi connectivity index (χ1v) is 20.7. The average Bonchev–Trinajstić information content (AvgIpc) is 3.55. The number of allylic oxidation sites excluding steroid dienone is 20. The van der Waals surface area contributed by atoms with E-state index in [9.17, 15) is 0 Å². The first kappa shape index (κ1) is 30.8. The van der Waals surface area contributed by atoms with Crippen molar-refractivity contribution < 1.29 is 4.74 Å². The molecule has 0 radical (unpaired) electrons. The molecular weight excluding hydrogens is 617 g/mol. The van der Waals surface area contributed by atoms with Crippen LogP contribution in [0, 0.1) is 53.3 Å². The maximum atomic E-state index is 6.76. The van der Waals surface area contributed by atoms with Gasteiger partial charge in [-0.2, -0.15) is 0 Å². The highest BCUT2D eigenvalue weighted by Gasteiger charge is 2.47. The van der Waals surface area contributed by atoms with E-state index in [0.29, 0.717) is 41.4 Å². The van der Waals surface area contributed by atoms with Crippen molar-refractivity contribution in [2.24, 2.45) is 53.3 Å². The van der Waals surface area contributed by atoms with Crippen LogP contribution in [0.1, 0.15) is 93.2 Å². The topological polar surface area (TPSA) is 9.23 Å². The lowest BCUT2D eigenvalue weighted by Gasteiger charge is -2.50. The van der Waals surface area contributed by atoms with Gasteiger partial charge in [-0.1, -0.05) is 109 Å². The monoisotopic (exact) mass is 668 g/mol. The summed E-state index contributed by atoms with van der Waals surface area (Å²) in [4.78, 5) is 0. The van der Waals surface area contributed by atoms with Gasteiger partial charge in [0.15, 0.2) is 0 Å². The molecule has 1 heteroatoms. The molecule has 1 aromatic carbocycles. The van der Waals surface area contributed by atoms with Crippen molar-refractivity contribution >= 4 is 6.08 Å². The van der Waals surface area contributed by atoms with Gasteiger partial charge in [0.2, 0.25) is 0 Å². The van der Waals surface area contributed by atoms with Gasteiger partial charge in [-0.05, 0) is 140 Å². The summed E-state index contributed by atoms with van der Waals surface area (Å²) in [5, 5.41) is 0. The van der Waals surface area contributed by atoms with Crippen LogP contribution < -0.4 is 0 Å². The summed E-state index contributed by atoms with van der Waals surface area (Å²) in [7, 11) is 0. The maximum Gasteiger partial charge on any atom is 0.108 e. The number of fused-ring (bicyclic) bond motifs is 7. The van der Waals surface area contributed by atoms with E-state index in [1.807, 2.05) is 5.57 Å². The number of aryl methyl sites for hydroxylation is 1. The second-order valence-corrected chi connectivity index (χ2v) is 17.5. The van der Waals surface area contributed by atoms with Crippen LogP contribution in [0.15, 0.2) is 143 Å². The molecule has 1 aliphatic heterocycles. The van der Waals surface area contributed by atoms with Crippen LogP contribution in [0.4, 0.5) is 0 Å². The predicted molar refractivity (Wildman–Crippen MR) is 209 cm³/mol. The molecule has 1 nitrogen and oxygen atoms in total. The van der Waals surface area contributed by atoms with Crippen molar-refractivity contribution in [2.45, 2.75) is 83.0 Å². The van der Waals surface area contributed by atoms with Crippen molar-refractivity contribution in [2.75, 3.05) is 0 Å². The van der Waals surface area contributed by atoms with E-state index in [4.69, 9.17) is 4.74 Å². The normalized spacial score (nSPS) is 38.3. The Morgan fingerprint density at radius 1 is 0.706 bits per heavy atom. The molecule has 0 amide bonds. The fraction of sp³-hybridized carbons (Fsp3) is 0.440. The Labute approximate surface area is 305 Å². The lowest BCUT2D eigenvalue weighted by molar-refractivity contribution is 0.187.